The number of rotatable bonds is 2. The van der Waals surface area contributed by atoms with E-state index in [9.17, 15) is 4.79 Å². The largest absolute Gasteiger partial charge is 0.316 e. The topological polar surface area (TPSA) is 29.1 Å². The molecule has 1 aliphatic heterocycles. The first-order chi connectivity index (χ1) is 6.77. The van der Waals surface area contributed by atoms with Crippen LogP contribution in [0.5, 0.6) is 0 Å². The molecular weight excluding hydrogens is 242 g/mol. The van der Waals surface area contributed by atoms with Gasteiger partial charge in [0.25, 0.3) is 0 Å². The number of carbonyl (C=O) groups is 1. The lowest BCUT2D eigenvalue weighted by molar-refractivity contribution is 0.0930. The number of hydrogen-bond acceptors (Lipinski definition) is 2. The fourth-order valence-electron chi connectivity index (χ4n) is 1.76. The van der Waals surface area contributed by atoms with Gasteiger partial charge in [0.1, 0.15) is 0 Å². The monoisotopic (exact) mass is 253 g/mol. The van der Waals surface area contributed by atoms with Crippen molar-refractivity contribution in [2.24, 2.45) is 5.92 Å². The van der Waals surface area contributed by atoms with Crippen molar-refractivity contribution < 1.29 is 4.79 Å². The molecule has 0 amide bonds. The van der Waals surface area contributed by atoms with E-state index in [1.165, 1.54) is 0 Å². The summed E-state index contributed by atoms with van der Waals surface area (Å²) in [6.07, 6.45) is 0.964. The van der Waals surface area contributed by atoms with E-state index in [1.54, 1.807) is 0 Å². The molecule has 1 fully saturated rings. The van der Waals surface area contributed by atoms with Crippen LogP contribution < -0.4 is 5.32 Å². The van der Waals surface area contributed by atoms with Crippen LogP contribution in [0.15, 0.2) is 28.7 Å². The third-order valence-corrected chi connectivity index (χ3v) is 3.03. The molecule has 2 nitrogen and oxygen atoms in total. The Bertz CT molecular complexity index is 345. The van der Waals surface area contributed by atoms with Crippen molar-refractivity contribution in [3.05, 3.63) is 34.3 Å². The predicted octanol–water partition coefficient (Wildman–Crippen LogP) is 2.24. The molecule has 74 valence electrons. The first kappa shape index (κ1) is 9.87. The van der Waals surface area contributed by atoms with Gasteiger partial charge >= 0.3 is 0 Å². The van der Waals surface area contributed by atoms with Crippen LogP contribution in [0.3, 0.4) is 0 Å². The Balaban J connectivity index is 2.17. The van der Waals surface area contributed by atoms with E-state index in [0.717, 1.165) is 29.5 Å². The van der Waals surface area contributed by atoms with Crippen LogP contribution in [0, 0.1) is 5.92 Å². The second-order valence-corrected chi connectivity index (χ2v) is 4.48. The molecular formula is C11H12BrNO. The number of halogens is 1. The summed E-state index contributed by atoms with van der Waals surface area (Å²) in [6.45, 7) is 1.79. The highest BCUT2D eigenvalue weighted by atomic mass is 79.9. The number of Topliss-reactive ketones (excluding diaryl/α,β-unsaturated/α-hetero) is 1. The van der Waals surface area contributed by atoms with Crippen LogP contribution in [0.1, 0.15) is 16.8 Å². The third-order valence-electron chi connectivity index (χ3n) is 2.54. The molecule has 3 heteroatoms. The molecule has 14 heavy (non-hydrogen) atoms. The Morgan fingerprint density at radius 1 is 1.50 bits per heavy atom. The summed E-state index contributed by atoms with van der Waals surface area (Å²) in [5.74, 6) is 0.431. The Kier molecular flexibility index (Phi) is 2.99. The van der Waals surface area contributed by atoms with Gasteiger partial charge in [-0.25, -0.2) is 0 Å². The number of nitrogens with one attached hydrogen (secondary N) is 1. The predicted molar refractivity (Wildman–Crippen MR) is 59.4 cm³/mol. The molecule has 1 aromatic carbocycles. The van der Waals surface area contributed by atoms with Gasteiger partial charge in [-0.15, -0.1) is 0 Å². The molecule has 0 spiro atoms. The molecule has 0 aromatic heterocycles. The maximum Gasteiger partial charge on any atom is 0.167 e. The summed E-state index contributed by atoms with van der Waals surface area (Å²) in [5, 5.41) is 3.21. The van der Waals surface area contributed by atoms with Crippen molar-refractivity contribution in [2.45, 2.75) is 6.42 Å². The summed E-state index contributed by atoms with van der Waals surface area (Å²) in [4.78, 5) is 11.9. The summed E-state index contributed by atoms with van der Waals surface area (Å²) in [5.41, 5.74) is 0.813. The van der Waals surface area contributed by atoms with Gasteiger partial charge in [-0.3, -0.25) is 4.79 Å². The van der Waals surface area contributed by atoms with Crippen LogP contribution in [0.2, 0.25) is 0 Å². The summed E-state index contributed by atoms with van der Waals surface area (Å²) < 4.78 is 0.967. The highest BCUT2D eigenvalue weighted by Crippen LogP contribution is 2.18. The van der Waals surface area contributed by atoms with Crippen LogP contribution in [0.25, 0.3) is 0 Å². The first-order valence-corrected chi connectivity index (χ1v) is 5.57. The molecule has 0 radical (unpaired) electrons. The van der Waals surface area contributed by atoms with Crippen molar-refractivity contribution in [1.29, 1.82) is 0 Å². The molecule has 0 bridgehead atoms. The molecule has 1 saturated heterocycles. The Morgan fingerprint density at radius 2 is 2.36 bits per heavy atom. The van der Waals surface area contributed by atoms with E-state index in [0.29, 0.717) is 0 Å². The van der Waals surface area contributed by atoms with Crippen LogP contribution in [-0.4, -0.2) is 18.9 Å². The molecule has 1 atom stereocenters. The number of ketones is 1. The van der Waals surface area contributed by atoms with E-state index in [2.05, 4.69) is 21.2 Å². The van der Waals surface area contributed by atoms with Gasteiger partial charge in [-0.1, -0.05) is 28.1 Å². The van der Waals surface area contributed by atoms with Gasteiger partial charge in [0.05, 0.1) is 0 Å². The minimum Gasteiger partial charge on any atom is -0.316 e. The lowest BCUT2D eigenvalue weighted by atomic mass is 9.97. The molecule has 1 N–H and O–H groups in total. The van der Waals surface area contributed by atoms with Gasteiger partial charge in [0.15, 0.2) is 5.78 Å². The van der Waals surface area contributed by atoms with Crippen LogP contribution in [-0.2, 0) is 0 Å². The van der Waals surface area contributed by atoms with E-state index < -0.39 is 0 Å². The molecule has 1 aromatic rings. The minimum absolute atomic E-state index is 0.171. The maximum absolute atomic E-state index is 11.9. The number of carbonyl (C=O) groups excluding carboxylic acids is 1. The van der Waals surface area contributed by atoms with Gasteiger partial charge in [0, 0.05) is 22.5 Å². The minimum atomic E-state index is 0.171. The first-order valence-electron chi connectivity index (χ1n) is 4.78. The van der Waals surface area contributed by atoms with Gasteiger partial charge in [-0.2, -0.15) is 0 Å². The highest BCUT2D eigenvalue weighted by Gasteiger charge is 2.23. The zero-order valence-electron chi connectivity index (χ0n) is 7.79. The second kappa shape index (κ2) is 4.24. The molecule has 1 unspecified atom stereocenters. The van der Waals surface area contributed by atoms with Crippen molar-refractivity contribution in [1.82, 2.24) is 5.32 Å². The average molecular weight is 254 g/mol. The molecule has 0 saturated carbocycles. The number of benzene rings is 1. The quantitative estimate of drug-likeness (QED) is 0.820. The maximum atomic E-state index is 11.9. The fourth-order valence-corrected chi connectivity index (χ4v) is 2.16. The fraction of sp³-hybridized carbons (Fsp3) is 0.364. The Morgan fingerprint density at radius 3 is 3.00 bits per heavy atom. The lowest BCUT2D eigenvalue weighted by Gasteiger charge is -2.06. The second-order valence-electron chi connectivity index (χ2n) is 3.56. The summed E-state index contributed by atoms with van der Waals surface area (Å²) in [7, 11) is 0. The SMILES string of the molecule is O=C(c1cccc(Br)c1)C1CCNC1. The molecule has 1 aliphatic rings. The van der Waals surface area contributed by atoms with Gasteiger partial charge in [0.2, 0.25) is 0 Å². The lowest BCUT2D eigenvalue weighted by Crippen LogP contribution is -2.17. The third kappa shape index (κ3) is 2.04. The molecule has 1 heterocycles. The Hall–Kier alpha value is -0.670. The van der Waals surface area contributed by atoms with Crippen molar-refractivity contribution >= 4 is 21.7 Å². The van der Waals surface area contributed by atoms with Crippen molar-refractivity contribution in [3.63, 3.8) is 0 Å². The zero-order chi connectivity index (χ0) is 9.97. The number of hydrogen-bond donors (Lipinski definition) is 1. The normalized spacial score (nSPS) is 21.1. The molecule has 2 rings (SSSR count). The van der Waals surface area contributed by atoms with Crippen molar-refractivity contribution in [2.75, 3.05) is 13.1 Å². The summed E-state index contributed by atoms with van der Waals surface area (Å²) in [6, 6.07) is 7.61. The Labute approximate surface area is 91.8 Å². The molecule has 0 aliphatic carbocycles. The van der Waals surface area contributed by atoms with Gasteiger partial charge in [-0.05, 0) is 25.1 Å². The summed E-state index contributed by atoms with van der Waals surface area (Å²) >= 11 is 3.37. The van der Waals surface area contributed by atoms with E-state index >= 15 is 0 Å². The van der Waals surface area contributed by atoms with Crippen molar-refractivity contribution in [3.8, 4) is 0 Å². The van der Waals surface area contributed by atoms with E-state index in [4.69, 9.17) is 0 Å². The smallest absolute Gasteiger partial charge is 0.167 e. The zero-order valence-corrected chi connectivity index (χ0v) is 9.38. The van der Waals surface area contributed by atoms with Gasteiger partial charge < -0.3 is 5.32 Å². The average Bonchev–Trinajstić information content (AvgIpc) is 2.69. The van der Waals surface area contributed by atoms with Crippen LogP contribution in [0.4, 0.5) is 0 Å². The van der Waals surface area contributed by atoms with Crippen LogP contribution >= 0.6 is 15.9 Å². The van der Waals surface area contributed by atoms with E-state index in [1.807, 2.05) is 24.3 Å². The van der Waals surface area contributed by atoms with E-state index in [-0.39, 0.29) is 11.7 Å². The standard InChI is InChI=1S/C11H12BrNO/c12-10-3-1-2-8(6-10)11(14)9-4-5-13-7-9/h1-3,6,9,13H,4-5,7H2. The highest BCUT2D eigenvalue weighted by molar-refractivity contribution is 9.10.